The van der Waals surface area contributed by atoms with E-state index < -0.39 is 5.82 Å². The maximum absolute atomic E-state index is 13.4. The molecule has 0 fully saturated rings. The summed E-state index contributed by atoms with van der Waals surface area (Å²) in [5, 5.41) is 13.9. The molecule has 0 atom stereocenters. The maximum atomic E-state index is 13.4. The molecule has 0 radical (unpaired) electrons. The number of rotatable bonds is 8. The number of nitrogens with zero attached hydrogens (tertiary/aromatic N) is 3. The van der Waals surface area contributed by atoms with E-state index in [0.717, 1.165) is 5.82 Å². The van der Waals surface area contributed by atoms with E-state index in [1.165, 1.54) is 12.1 Å². The number of hydrogen-bond donors (Lipinski definition) is 2. The van der Waals surface area contributed by atoms with E-state index in [1.54, 1.807) is 12.1 Å². The summed E-state index contributed by atoms with van der Waals surface area (Å²) in [5.74, 6) is 0.559. The van der Waals surface area contributed by atoms with Crippen LogP contribution < -0.4 is 15.4 Å². The quantitative estimate of drug-likeness (QED) is 0.604. The maximum Gasteiger partial charge on any atom is 0.258 e. The van der Waals surface area contributed by atoms with Gasteiger partial charge in [-0.1, -0.05) is 12.1 Å². The molecule has 1 aromatic carbocycles. The van der Waals surface area contributed by atoms with E-state index >= 15 is 0 Å². The highest BCUT2D eigenvalue weighted by Crippen LogP contribution is 2.14. The third-order valence-electron chi connectivity index (χ3n) is 3.47. The van der Waals surface area contributed by atoms with Crippen LogP contribution in [0.15, 0.2) is 60.9 Å². The Morgan fingerprint density at radius 2 is 1.85 bits per heavy atom. The molecule has 3 rings (SSSR count). The molecule has 3 aromatic rings. The topological polar surface area (TPSA) is 81.1 Å². The van der Waals surface area contributed by atoms with Crippen molar-refractivity contribution >= 4 is 11.7 Å². The number of nitrogens with one attached hydrogen (secondary N) is 2. The van der Waals surface area contributed by atoms with Gasteiger partial charge in [0.05, 0.1) is 0 Å². The van der Waals surface area contributed by atoms with Gasteiger partial charge >= 0.3 is 0 Å². The van der Waals surface area contributed by atoms with E-state index in [2.05, 4.69) is 20.8 Å². The second-order valence-electron chi connectivity index (χ2n) is 5.36. The lowest BCUT2D eigenvalue weighted by Crippen LogP contribution is -2.32. The Kier molecular flexibility index (Phi) is 5.76. The SMILES string of the molecule is O=C(COc1ccccc1F)NCCNc1ccc(-n2cccc2)nn1. The Balaban J connectivity index is 1.36. The zero-order valence-corrected chi connectivity index (χ0v) is 13.9. The molecule has 0 aliphatic heterocycles. The van der Waals surface area contributed by atoms with Gasteiger partial charge in [-0.05, 0) is 36.4 Å². The van der Waals surface area contributed by atoms with Gasteiger partial charge in [-0.3, -0.25) is 4.79 Å². The Labute approximate surface area is 149 Å². The van der Waals surface area contributed by atoms with Crippen molar-refractivity contribution in [3.8, 4) is 11.6 Å². The minimum Gasteiger partial charge on any atom is -0.481 e. The standard InChI is InChI=1S/C18H18FN5O2/c19-14-5-1-2-6-15(14)26-13-18(25)21-10-9-20-16-7-8-17(23-22-16)24-11-3-4-12-24/h1-8,11-12H,9-10,13H2,(H,20,22)(H,21,25). The summed E-state index contributed by atoms with van der Waals surface area (Å²) < 4.78 is 20.4. The molecule has 2 N–H and O–H groups in total. The largest absolute Gasteiger partial charge is 0.481 e. The molecule has 0 aliphatic rings. The van der Waals surface area contributed by atoms with Gasteiger partial charge in [-0.15, -0.1) is 10.2 Å². The Hall–Kier alpha value is -3.42. The van der Waals surface area contributed by atoms with Gasteiger partial charge in [0, 0.05) is 25.5 Å². The monoisotopic (exact) mass is 355 g/mol. The lowest BCUT2D eigenvalue weighted by molar-refractivity contribution is -0.123. The molecule has 8 heteroatoms. The highest BCUT2D eigenvalue weighted by molar-refractivity contribution is 5.77. The molecule has 0 spiro atoms. The van der Waals surface area contributed by atoms with E-state index in [9.17, 15) is 9.18 Å². The van der Waals surface area contributed by atoms with E-state index in [4.69, 9.17) is 4.74 Å². The highest BCUT2D eigenvalue weighted by atomic mass is 19.1. The number of hydrogen-bond acceptors (Lipinski definition) is 5. The summed E-state index contributed by atoms with van der Waals surface area (Å²) in [6, 6.07) is 13.4. The zero-order chi connectivity index (χ0) is 18.2. The Morgan fingerprint density at radius 1 is 1.04 bits per heavy atom. The first-order valence-electron chi connectivity index (χ1n) is 8.07. The van der Waals surface area contributed by atoms with Crippen LogP contribution in [0.25, 0.3) is 5.82 Å². The average Bonchev–Trinajstić information content (AvgIpc) is 3.20. The summed E-state index contributed by atoms with van der Waals surface area (Å²) in [7, 11) is 0. The number of para-hydroxylation sites is 1. The van der Waals surface area contributed by atoms with Crippen molar-refractivity contribution in [2.45, 2.75) is 0 Å². The second-order valence-corrected chi connectivity index (χ2v) is 5.36. The molecule has 0 bridgehead atoms. The molecule has 26 heavy (non-hydrogen) atoms. The molecule has 2 aromatic heterocycles. The Morgan fingerprint density at radius 3 is 2.58 bits per heavy atom. The number of amides is 1. The van der Waals surface area contributed by atoms with Crippen LogP contribution >= 0.6 is 0 Å². The number of aromatic nitrogens is 3. The predicted molar refractivity (Wildman–Crippen MR) is 94.8 cm³/mol. The van der Waals surface area contributed by atoms with Crippen LogP contribution in [0, 0.1) is 5.82 Å². The molecule has 0 unspecified atom stereocenters. The molecule has 2 heterocycles. The van der Waals surface area contributed by atoms with Crippen LogP contribution in [0.4, 0.5) is 10.2 Å². The minimum atomic E-state index is -0.496. The molecule has 0 aliphatic carbocycles. The molecule has 0 saturated carbocycles. The van der Waals surface area contributed by atoms with Crippen molar-refractivity contribution in [1.29, 1.82) is 0 Å². The minimum absolute atomic E-state index is 0.0545. The highest BCUT2D eigenvalue weighted by Gasteiger charge is 2.06. The van der Waals surface area contributed by atoms with Gasteiger partial charge in [0.25, 0.3) is 5.91 Å². The van der Waals surface area contributed by atoms with Gasteiger partial charge < -0.3 is 19.9 Å². The van der Waals surface area contributed by atoms with Crippen molar-refractivity contribution in [2.75, 3.05) is 25.0 Å². The van der Waals surface area contributed by atoms with Gasteiger partial charge in [0.2, 0.25) is 0 Å². The summed E-state index contributed by atoms with van der Waals surface area (Å²) in [6.45, 7) is 0.607. The second kappa shape index (κ2) is 8.61. The van der Waals surface area contributed by atoms with E-state index in [1.807, 2.05) is 41.2 Å². The summed E-state index contributed by atoms with van der Waals surface area (Å²) in [5.41, 5.74) is 0. The molecule has 1 amide bonds. The molecule has 134 valence electrons. The first-order valence-corrected chi connectivity index (χ1v) is 8.07. The fourth-order valence-electron chi connectivity index (χ4n) is 2.19. The third-order valence-corrected chi connectivity index (χ3v) is 3.47. The lowest BCUT2D eigenvalue weighted by Gasteiger charge is -2.09. The van der Waals surface area contributed by atoms with Gasteiger partial charge in [0.15, 0.2) is 24.0 Å². The van der Waals surface area contributed by atoms with E-state index in [-0.39, 0.29) is 18.3 Å². The van der Waals surface area contributed by atoms with Gasteiger partial charge in [-0.25, -0.2) is 4.39 Å². The number of carbonyl (C=O) groups is 1. The van der Waals surface area contributed by atoms with Crippen molar-refractivity contribution in [1.82, 2.24) is 20.1 Å². The predicted octanol–water partition coefficient (Wildman–Crippen LogP) is 2.01. The van der Waals surface area contributed by atoms with Crippen LogP contribution in [0.2, 0.25) is 0 Å². The van der Waals surface area contributed by atoms with Crippen molar-refractivity contribution in [3.05, 3.63) is 66.7 Å². The number of ether oxygens (including phenoxy) is 1. The first kappa shape index (κ1) is 17.4. The molecule has 0 saturated heterocycles. The number of carbonyl (C=O) groups excluding carboxylic acids is 1. The van der Waals surface area contributed by atoms with Crippen LogP contribution in [-0.4, -0.2) is 40.4 Å². The fourth-order valence-corrected chi connectivity index (χ4v) is 2.19. The van der Waals surface area contributed by atoms with Crippen LogP contribution in [0.1, 0.15) is 0 Å². The first-order chi connectivity index (χ1) is 12.7. The van der Waals surface area contributed by atoms with E-state index in [0.29, 0.717) is 18.9 Å². The summed E-state index contributed by atoms with van der Waals surface area (Å²) in [4.78, 5) is 11.7. The average molecular weight is 355 g/mol. The van der Waals surface area contributed by atoms with Crippen LogP contribution in [-0.2, 0) is 4.79 Å². The summed E-state index contributed by atoms with van der Waals surface area (Å²) in [6.07, 6.45) is 3.77. The number of benzene rings is 1. The molecule has 7 nitrogen and oxygen atoms in total. The van der Waals surface area contributed by atoms with Crippen LogP contribution in [0.5, 0.6) is 5.75 Å². The van der Waals surface area contributed by atoms with Gasteiger partial charge in [0.1, 0.15) is 5.82 Å². The Bertz CT molecular complexity index is 837. The van der Waals surface area contributed by atoms with Gasteiger partial charge in [-0.2, -0.15) is 0 Å². The fraction of sp³-hybridized carbons (Fsp3) is 0.167. The molecular formula is C18H18FN5O2. The zero-order valence-electron chi connectivity index (χ0n) is 13.9. The van der Waals surface area contributed by atoms with Crippen molar-refractivity contribution in [3.63, 3.8) is 0 Å². The summed E-state index contributed by atoms with van der Waals surface area (Å²) >= 11 is 0. The molecular weight excluding hydrogens is 337 g/mol. The van der Waals surface area contributed by atoms with Crippen molar-refractivity contribution < 1.29 is 13.9 Å². The number of anilines is 1. The van der Waals surface area contributed by atoms with Crippen molar-refractivity contribution in [2.24, 2.45) is 0 Å². The third kappa shape index (κ3) is 4.79. The van der Waals surface area contributed by atoms with Crippen LogP contribution in [0.3, 0.4) is 0 Å². The number of halogens is 1. The smallest absolute Gasteiger partial charge is 0.258 e. The lowest BCUT2D eigenvalue weighted by atomic mass is 10.3. The normalized spacial score (nSPS) is 10.3.